The molecule has 1 saturated carbocycles. The lowest BCUT2D eigenvalue weighted by molar-refractivity contribution is -0.123. The summed E-state index contributed by atoms with van der Waals surface area (Å²) in [5.41, 5.74) is 0.907. The quantitative estimate of drug-likeness (QED) is 0.820. The molecule has 98 valence electrons. The zero-order valence-corrected chi connectivity index (χ0v) is 11.2. The van der Waals surface area contributed by atoms with Gasteiger partial charge < -0.3 is 9.64 Å². The molecule has 0 spiro atoms. The maximum atomic E-state index is 12.4. The number of benzene rings is 1. The molecule has 1 aromatic carbocycles. The molecule has 1 fully saturated rings. The third-order valence-electron chi connectivity index (χ3n) is 3.73. The number of amides is 1. The second kappa shape index (κ2) is 5.89. The molecule has 3 heteroatoms. The van der Waals surface area contributed by atoms with Crippen molar-refractivity contribution in [2.24, 2.45) is 5.92 Å². The number of methoxy groups -OCH3 is 1. The standard InChI is InChI=1S/C15H21NO2/c1-16(13-9-6-10-14(11-13)18-2)15(17)12-7-4-3-5-8-12/h6,9-12H,3-5,7-8H2,1-2H3. The number of ether oxygens (including phenoxy) is 1. The predicted octanol–water partition coefficient (Wildman–Crippen LogP) is 3.24. The average Bonchev–Trinajstić information content (AvgIpc) is 2.46. The molecule has 0 aliphatic heterocycles. The monoisotopic (exact) mass is 247 g/mol. The van der Waals surface area contributed by atoms with E-state index in [4.69, 9.17) is 4.74 Å². The summed E-state index contributed by atoms with van der Waals surface area (Å²) >= 11 is 0. The highest BCUT2D eigenvalue weighted by molar-refractivity contribution is 5.94. The highest BCUT2D eigenvalue weighted by atomic mass is 16.5. The van der Waals surface area contributed by atoms with E-state index in [0.717, 1.165) is 24.3 Å². The Morgan fingerprint density at radius 1 is 1.28 bits per heavy atom. The highest BCUT2D eigenvalue weighted by Crippen LogP contribution is 2.28. The van der Waals surface area contributed by atoms with Crippen LogP contribution in [0.2, 0.25) is 0 Å². The minimum absolute atomic E-state index is 0.204. The Hall–Kier alpha value is -1.51. The normalized spacial score (nSPS) is 16.3. The Kier molecular flexibility index (Phi) is 4.24. The van der Waals surface area contributed by atoms with Crippen LogP contribution in [0.5, 0.6) is 5.75 Å². The van der Waals surface area contributed by atoms with Gasteiger partial charge in [-0.1, -0.05) is 25.3 Å². The summed E-state index contributed by atoms with van der Waals surface area (Å²) in [6.45, 7) is 0. The number of carbonyl (C=O) groups is 1. The fourth-order valence-corrected chi connectivity index (χ4v) is 2.57. The molecule has 3 nitrogen and oxygen atoms in total. The van der Waals surface area contributed by atoms with Gasteiger partial charge in [0.05, 0.1) is 7.11 Å². The summed E-state index contributed by atoms with van der Waals surface area (Å²) in [4.78, 5) is 14.1. The van der Waals surface area contributed by atoms with Gasteiger partial charge in [0.15, 0.2) is 0 Å². The minimum atomic E-state index is 0.204. The van der Waals surface area contributed by atoms with Crippen LogP contribution in [0.4, 0.5) is 5.69 Å². The van der Waals surface area contributed by atoms with Crippen LogP contribution in [0.3, 0.4) is 0 Å². The molecule has 0 bridgehead atoms. The van der Waals surface area contributed by atoms with E-state index in [0.29, 0.717) is 0 Å². The zero-order chi connectivity index (χ0) is 13.0. The van der Waals surface area contributed by atoms with E-state index >= 15 is 0 Å². The van der Waals surface area contributed by atoms with Gasteiger partial charge in [0.1, 0.15) is 5.75 Å². The van der Waals surface area contributed by atoms with E-state index in [-0.39, 0.29) is 11.8 Å². The van der Waals surface area contributed by atoms with Crippen molar-refractivity contribution >= 4 is 11.6 Å². The number of hydrogen-bond donors (Lipinski definition) is 0. The first-order valence-electron chi connectivity index (χ1n) is 6.64. The molecule has 0 atom stereocenters. The molecule has 1 aliphatic rings. The van der Waals surface area contributed by atoms with E-state index in [1.165, 1.54) is 19.3 Å². The number of hydrogen-bond acceptors (Lipinski definition) is 2. The lowest BCUT2D eigenvalue weighted by atomic mass is 9.88. The van der Waals surface area contributed by atoms with E-state index in [9.17, 15) is 4.79 Å². The van der Waals surface area contributed by atoms with Crippen molar-refractivity contribution in [1.29, 1.82) is 0 Å². The molecule has 0 radical (unpaired) electrons. The lowest BCUT2D eigenvalue weighted by Gasteiger charge is -2.26. The van der Waals surface area contributed by atoms with E-state index in [1.807, 2.05) is 31.3 Å². The largest absolute Gasteiger partial charge is 0.497 e. The third-order valence-corrected chi connectivity index (χ3v) is 3.73. The van der Waals surface area contributed by atoms with Crippen molar-refractivity contribution in [3.8, 4) is 5.75 Å². The molecule has 0 N–H and O–H groups in total. The summed E-state index contributed by atoms with van der Waals surface area (Å²) in [5.74, 6) is 1.23. The van der Waals surface area contributed by atoms with E-state index in [1.54, 1.807) is 12.0 Å². The van der Waals surface area contributed by atoms with Gasteiger partial charge >= 0.3 is 0 Å². The molecule has 0 aromatic heterocycles. The Labute approximate surface area is 109 Å². The molecule has 1 aromatic rings. The maximum Gasteiger partial charge on any atom is 0.229 e. The minimum Gasteiger partial charge on any atom is -0.497 e. The van der Waals surface area contributed by atoms with Crippen LogP contribution >= 0.6 is 0 Å². The van der Waals surface area contributed by atoms with Gasteiger partial charge in [-0.15, -0.1) is 0 Å². The Bertz CT molecular complexity index is 411. The summed E-state index contributed by atoms with van der Waals surface area (Å²) in [5, 5.41) is 0. The molecule has 2 rings (SSSR count). The first kappa shape index (κ1) is 12.9. The van der Waals surface area contributed by atoms with Crippen LogP contribution < -0.4 is 9.64 Å². The van der Waals surface area contributed by atoms with Gasteiger partial charge in [0, 0.05) is 24.7 Å². The lowest BCUT2D eigenvalue weighted by Crippen LogP contribution is -2.33. The van der Waals surface area contributed by atoms with Crippen LogP contribution in [0.1, 0.15) is 32.1 Å². The second-order valence-electron chi connectivity index (χ2n) is 4.93. The second-order valence-corrected chi connectivity index (χ2v) is 4.93. The molecular weight excluding hydrogens is 226 g/mol. The maximum absolute atomic E-state index is 12.4. The van der Waals surface area contributed by atoms with Crippen LogP contribution in [0, 0.1) is 5.92 Å². The van der Waals surface area contributed by atoms with Crippen molar-refractivity contribution in [2.45, 2.75) is 32.1 Å². The third kappa shape index (κ3) is 2.84. The van der Waals surface area contributed by atoms with Crippen LogP contribution in [0.25, 0.3) is 0 Å². The van der Waals surface area contributed by atoms with Crippen LogP contribution in [-0.4, -0.2) is 20.1 Å². The fourth-order valence-electron chi connectivity index (χ4n) is 2.57. The number of rotatable bonds is 3. The van der Waals surface area contributed by atoms with E-state index < -0.39 is 0 Å². The molecule has 0 unspecified atom stereocenters. The number of carbonyl (C=O) groups excluding carboxylic acids is 1. The first-order chi connectivity index (χ1) is 8.72. The van der Waals surface area contributed by atoms with Crippen molar-refractivity contribution in [3.05, 3.63) is 24.3 Å². The van der Waals surface area contributed by atoms with Gasteiger partial charge in [-0.3, -0.25) is 4.79 Å². The summed E-state index contributed by atoms with van der Waals surface area (Å²) in [6, 6.07) is 7.66. The summed E-state index contributed by atoms with van der Waals surface area (Å²) in [7, 11) is 3.49. The van der Waals surface area contributed by atoms with Gasteiger partial charge in [-0.05, 0) is 25.0 Å². The smallest absolute Gasteiger partial charge is 0.229 e. The van der Waals surface area contributed by atoms with E-state index in [2.05, 4.69) is 0 Å². The SMILES string of the molecule is COc1cccc(N(C)C(=O)C2CCCCC2)c1. The Morgan fingerprint density at radius 3 is 2.67 bits per heavy atom. The first-order valence-corrected chi connectivity index (χ1v) is 6.64. The van der Waals surface area contributed by atoms with Crippen molar-refractivity contribution < 1.29 is 9.53 Å². The van der Waals surface area contributed by atoms with Crippen molar-refractivity contribution in [1.82, 2.24) is 0 Å². The van der Waals surface area contributed by atoms with Crippen LogP contribution in [-0.2, 0) is 4.79 Å². The van der Waals surface area contributed by atoms with Gasteiger partial charge in [-0.2, -0.15) is 0 Å². The van der Waals surface area contributed by atoms with Crippen LogP contribution in [0.15, 0.2) is 24.3 Å². The number of nitrogens with zero attached hydrogens (tertiary/aromatic N) is 1. The Balaban J connectivity index is 2.09. The molecule has 1 aliphatic carbocycles. The average molecular weight is 247 g/mol. The topological polar surface area (TPSA) is 29.5 Å². The highest BCUT2D eigenvalue weighted by Gasteiger charge is 2.24. The molecule has 0 saturated heterocycles. The van der Waals surface area contributed by atoms with Gasteiger partial charge in [0.25, 0.3) is 0 Å². The fraction of sp³-hybridized carbons (Fsp3) is 0.533. The Morgan fingerprint density at radius 2 is 2.00 bits per heavy atom. The summed E-state index contributed by atoms with van der Waals surface area (Å²) < 4.78 is 5.19. The predicted molar refractivity (Wildman–Crippen MR) is 73.0 cm³/mol. The van der Waals surface area contributed by atoms with Gasteiger partial charge in [-0.25, -0.2) is 0 Å². The van der Waals surface area contributed by atoms with Gasteiger partial charge in [0.2, 0.25) is 5.91 Å². The molecule has 18 heavy (non-hydrogen) atoms. The van der Waals surface area contributed by atoms with Crippen molar-refractivity contribution in [3.63, 3.8) is 0 Å². The van der Waals surface area contributed by atoms with Crippen molar-refractivity contribution in [2.75, 3.05) is 19.1 Å². The number of anilines is 1. The molecule has 1 amide bonds. The molecular formula is C15H21NO2. The zero-order valence-electron chi connectivity index (χ0n) is 11.2. The molecule has 0 heterocycles. The summed E-state index contributed by atoms with van der Waals surface area (Å²) in [6.07, 6.45) is 5.71.